The first-order chi connectivity index (χ1) is 9.67. The number of rotatable bonds is 3. The molecule has 0 saturated heterocycles. The molecule has 0 aliphatic heterocycles. The SMILES string of the molecule is NCc1cc(F)cc(Cn2ccc3c(F)cccc32)c1. The first-order valence-corrected chi connectivity index (χ1v) is 6.39. The zero-order valence-electron chi connectivity index (χ0n) is 10.8. The van der Waals surface area contributed by atoms with Crippen molar-refractivity contribution >= 4 is 10.9 Å². The van der Waals surface area contributed by atoms with Crippen LogP contribution in [0.3, 0.4) is 0 Å². The van der Waals surface area contributed by atoms with E-state index in [4.69, 9.17) is 5.73 Å². The molecule has 0 aliphatic carbocycles. The van der Waals surface area contributed by atoms with Crippen molar-refractivity contribution in [3.8, 4) is 0 Å². The van der Waals surface area contributed by atoms with Crippen LogP contribution in [0.4, 0.5) is 8.78 Å². The van der Waals surface area contributed by atoms with E-state index >= 15 is 0 Å². The molecule has 0 radical (unpaired) electrons. The first-order valence-electron chi connectivity index (χ1n) is 6.39. The first kappa shape index (κ1) is 12.8. The van der Waals surface area contributed by atoms with Crippen LogP contribution in [0.2, 0.25) is 0 Å². The van der Waals surface area contributed by atoms with Crippen LogP contribution in [0.1, 0.15) is 11.1 Å². The summed E-state index contributed by atoms with van der Waals surface area (Å²) in [6.07, 6.45) is 1.81. The molecule has 3 rings (SSSR count). The standard InChI is InChI=1S/C16H14F2N2/c17-13-7-11(9-19)6-12(8-13)10-20-5-4-14-15(18)2-1-3-16(14)20/h1-8H,9-10,19H2. The van der Waals surface area contributed by atoms with E-state index in [1.54, 1.807) is 18.3 Å². The Bertz CT molecular complexity index is 762. The van der Waals surface area contributed by atoms with Gasteiger partial charge in [0.05, 0.1) is 5.52 Å². The summed E-state index contributed by atoms with van der Waals surface area (Å²) < 4.78 is 29.0. The number of hydrogen-bond donors (Lipinski definition) is 1. The van der Waals surface area contributed by atoms with Crippen molar-refractivity contribution in [3.05, 3.63) is 71.4 Å². The van der Waals surface area contributed by atoms with Gasteiger partial charge in [0.25, 0.3) is 0 Å². The van der Waals surface area contributed by atoms with Crippen LogP contribution in [0.15, 0.2) is 48.7 Å². The maximum Gasteiger partial charge on any atom is 0.132 e. The van der Waals surface area contributed by atoms with Crippen LogP contribution < -0.4 is 5.73 Å². The van der Waals surface area contributed by atoms with E-state index in [0.717, 1.165) is 16.6 Å². The molecule has 1 aromatic heterocycles. The Balaban J connectivity index is 2.01. The number of nitrogens with two attached hydrogens (primary N) is 1. The third-order valence-corrected chi connectivity index (χ3v) is 3.37. The Morgan fingerprint density at radius 1 is 1.00 bits per heavy atom. The van der Waals surface area contributed by atoms with Crippen LogP contribution in [0.25, 0.3) is 10.9 Å². The minimum Gasteiger partial charge on any atom is -0.343 e. The van der Waals surface area contributed by atoms with Gasteiger partial charge in [0, 0.05) is 24.7 Å². The van der Waals surface area contributed by atoms with Crippen molar-refractivity contribution in [2.24, 2.45) is 5.73 Å². The van der Waals surface area contributed by atoms with Crippen molar-refractivity contribution in [1.82, 2.24) is 4.57 Å². The lowest BCUT2D eigenvalue weighted by molar-refractivity contribution is 0.621. The third-order valence-electron chi connectivity index (χ3n) is 3.37. The van der Waals surface area contributed by atoms with E-state index in [1.807, 2.05) is 16.7 Å². The lowest BCUT2D eigenvalue weighted by Gasteiger charge is -2.08. The molecule has 20 heavy (non-hydrogen) atoms. The normalized spacial score (nSPS) is 11.2. The van der Waals surface area contributed by atoms with Crippen molar-refractivity contribution in [3.63, 3.8) is 0 Å². The minimum atomic E-state index is -0.300. The number of aromatic nitrogens is 1. The topological polar surface area (TPSA) is 30.9 Å². The molecule has 2 nitrogen and oxygen atoms in total. The molecule has 0 amide bonds. The van der Waals surface area contributed by atoms with Gasteiger partial charge in [-0.2, -0.15) is 0 Å². The molecule has 4 heteroatoms. The zero-order valence-corrected chi connectivity index (χ0v) is 10.8. The third kappa shape index (κ3) is 2.30. The summed E-state index contributed by atoms with van der Waals surface area (Å²) in [5, 5.41) is 0.572. The average molecular weight is 272 g/mol. The molecule has 0 spiro atoms. The second-order valence-electron chi connectivity index (χ2n) is 4.79. The predicted molar refractivity (Wildman–Crippen MR) is 75.3 cm³/mol. The lowest BCUT2D eigenvalue weighted by Crippen LogP contribution is -2.02. The summed E-state index contributed by atoms with van der Waals surface area (Å²) in [5.41, 5.74) is 7.91. The van der Waals surface area contributed by atoms with Gasteiger partial charge in [-0.05, 0) is 41.5 Å². The molecule has 2 N–H and O–H groups in total. The van der Waals surface area contributed by atoms with Gasteiger partial charge in [-0.3, -0.25) is 0 Å². The van der Waals surface area contributed by atoms with Crippen LogP contribution in [-0.4, -0.2) is 4.57 Å². The van der Waals surface area contributed by atoms with E-state index in [2.05, 4.69) is 0 Å². The highest BCUT2D eigenvalue weighted by molar-refractivity contribution is 5.80. The summed E-state index contributed by atoms with van der Waals surface area (Å²) in [6, 6.07) is 11.5. The largest absolute Gasteiger partial charge is 0.343 e. The van der Waals surface area contributed by atoms with Gasteiger partial charge in [-0.1, -0.05) is 12.1 Å². The number of halogens is 2. The van der Waals surface area contributed by atoms with Crippen molar-refractivity contribution in [1.29, 1.82) is 0 Å². The maximum atomic E-state index is 13.6. The van der Waals surface area contributed by atoms with Gasteiger partial charge < -0.3 is 10.3 Å². The Morgan fingerprint density at radius 3 is 2.60 bits per heavy atom. The molecular formula is C16H14F2N2. The Morgan fingerprint density at radius 2 is 1.80 bits per heavy atom. The van der Waals surface area contributed by atoms with Gasteiger partial charge >= 0.3 is 0 Å². The predicted octanol–water partition coefficient (Wildman–Crippen LogP) is 3.43. The summed E-state index contributed by atoms with van der Waals surface area (Å²) in [4.78, 5) is 0. The Labute approximate surface area is 115 Å². The smallest absolute Gasteiger partial charge is 0.132 e. The highest BCUT2D eigenvalue weighted by Crippen LogP contribution is 2.20. The fourth-order valence-electron chi connectivity index (χ4n) is 2.45. The van der Waals surface area contributed by atoms with Gasteiger partial charge in [0.1, 0.15) is 11.6 Å². The maximum absolute atomic E-state index is 13.6. The van der Waals surface area contributed by atoms with E-state index < -0.39 is 0 Å². The summed E-state index contributed by atoms with van der Waals surface area (Å²) in [5.74, 6) is -0.547. The fraction of sp³-hybridized carbons (Fsp3) is 0.125. The number of fused-ring (bicyclic) bond motifs is 1. The van der Waals surface area contributed by atoms with Gasteiger partial charge in [-0.25, -0.2) is 8.78 Å². The molecule has 0 unspecified atom stereocenters. The van der Waals surface area contributed by atoms with Crippen molar-refractivity contribution < 1.29 is 8.78 Å². The van der Waals surface area contributed by atoms with E-state index in [0.29, 0.717) is 18.5 Å². The number of hydrogen-bond acceptors (Lipinski definition) is 1. The van der Waals surface area contributed by atoms with E-state index in [9.17, 15) is 8.78 Å². The molecule has 102 valence electrons. The Kier molecular flexibility index (Phi) is 3.24. The zero-order chi connectivity index (χ0) is 14.1. The minimum absolute atomic E-state index is 0.247. The summed E-state index contributed by atoms with van der Waals surface area (Å²) in [6.45, 7) is 0.781. The molecule has 0 saturated carbocycles. The van der Waals surface area contributed by atoms with E-state index in [-0.39, 0.29) is 11.6 Å². The number of benzene rings is 2. The van der Waals surface area contributed by atoms with Gasteiger partial charge in [-0.15, -0.1) is 0 Å². The summed E-state index contributed by atoms with van der Waals surface area (Å²) in [7, 11) is 0. The second kappa shape index (κ2) is 5.06. The van der Waals surface area contributed by atoms with Crippen molar-refractivity contribution in [2.45, 2.75) is 13.1 Å². The second-order valence-corrected chi connectivity index (χ2v) is 4.79. The fourth-order valence-corrected chi connectivity index (χ4v) is 2.45. The van der Waals surface area contributed by atoms with Gasteiger partial charge in [0.15, 0.2) is 0 Å². The van der Waals surface area contributed by atoms with Crippen molar-refractivity contribution in [2.75, 3.05) is 0 Å². The van der Waals surface area contributed by atoms with E-state index in [1.165, 1.54) is 18.2 Å². The quantitative estimate of drug-likeness (QED) is 0.778. The van der Waals surface area contributed by atoms with Gasteiger partial charge in [0.2, 0.25) is 0 Å². The highest BCUT2D eigenvalue weighted by atomic mass is 19.1. The molecule has 0 atom stereocenters. The highest BCUT2D eigenvalue weighted by Gasteiger charge is 2.07. The Hall–Kier alpha value is -2.20. The molecular weight excluding hydrogens is 258 g/mol. The van der Waals surface area contributed by atoms with Crippen LogP contribution >= 0.6 is 0 Å². The van der Waals surface area contributed by atoms with Crippen LogP contribution in [-0.2, 0) is 13.1 Å². The molecule has 0 fully saturated rings. The molecule has 2 aromatic carbocycles. The lowest BCUT2D eigenvalue weighted by atomic mass is 10.1. The molecule has 1 heterocycles. The van der Waals surface area contributed by atoms with Crippen LogP contribution in [0.5, 0.6) is 0 Å². The molecule has 0 aliphatic rings. The average Bonchev–Trinajstić information content (AvgIpc) is 2.83. The van der Waals surface area contributed by atoms with Crippen LogP contribution in [0, 0.1) is 11.6 Å². The number of nitrogens with zero attached hydrogens (tertiary/aromatic N) is 1. The molecule has 3 aromatic rings. The monoisotopic (exact) mass is 272 g/mol. The molecule has 0 bridgehead atoms. The summed E-state index contributed by atoms with van der Waals surface area (Å²) >= 11 is 0.